The van der Waals surface area contributed by atoms with Crippen molar-refractivity contribution in [1.82, 2.24) is 9.80 Å². The summed E-state index contributed by atoms with van der Waals surface area (Å²) in [6.07, 6.45) is 3.13. The number of rotatable bonds is 10. The number of hydrogen-bond acceptors (Lipinski definition) is 4. The second-order valence-electron chi connectivity index (χ2n) is 8.54. The third kappa shape index (κ3) is 7.24. The minimum atomic E-state index is -0.0439. The van der Waals surface area contributed by atoms with Gasteiger partial charge >= 0.3 is 6.03 Å². The van der Waals surface area contributed by atoms with E-state index in [1.54, 1.807) is 7.11 Å². The van der Waals surface area contributed by atoms with Crippen LogP contribution in [0.2, 0.25) is 0 Å². The number of methoxy groups -OCH3 is 1. The molecule has 0 radical (unpaired) electrons. The lowest BCUT2D eigenvalue weighted by molar-refractivity contribution is 0.158. The molecule has 1 fully saturated rings. The number of benzene rings is 2. The van der Waals surface area contributed by atoms with Crippen LogP contribution in [0.5, 0.6) is 5.75 Å². The first kappa shape index (κ1) is 24.1. The molecule has 0 atom stereocenters. The maximum atomic E-state index is 12.7. The summed E-state index contributed by atoms with van der Waals surface area (Å²) in [6, 6.07) is 16.5. The number of likely N-dealkylation sites (N-methyl/N-ethyl adjacent to an activating group) is 1. The zero-order chi connectivity index (χ0) is 22.8. The fourth-order valence-electron chi connectivity index (χ4n) is 4.14. The number of nitrogens with zero attached hydrogens (tertiary/aromatic N) is 2. The summed E-state index contributed by atoms with van der Waals surface area (Å²) >= 11 is 0. The van der Waals surface area contributed by atoms with Crippen molar-refractivity contribution in [2.45, 2.75) is 32.7 Å². The number of hydrogen-bond donors (Lipinski definition) is 1. The molecule has 3 rings (SSSR count). The fraction of sp³-hybridized carbons (Fsp3) is 0.500. The second-order valence-corrected chi connectivity index (χ2v) is 8.54. The highest BCUT2D eigenvalue weighted by Gasteiger charge is 2.23. The lowest BCUT2D eigenvalue weighted by Gasteiger charge is -2.32. The molecular weight excluding hydrogens is 402 g/mol. The van der Waals surface area contributed by atoms with Crippen molar-refractivity contribution in [2.24, 2.45) is 5.92 Å². The highest BCUT2D eigenvalue weighted by molar-refractivity contribution is 5.91. The number of ether oxygens (including phenoxy) is 2. The molecule has 1 N–H and O–H groups in total. The molecule has 174 valence electrons. The Morgan fingerprint density at radius 1 is 1.09 bits per heavy atom. The number of amides is 2. The molecule has 2 aromatic rings. The summed E-state index contributed by atoms with van der Waals surface area (Å²) in [6.45, 7) is 6.71. The predicted octanol–water partition coefficient (Wildman–Crippen LogP) is 4.65. The molecule has 1 aliphatic heterocycles. The Morgan fingerprint density at radius 3 is 2.47 bits per heavy atom. The molecule has 32 heavy (non-hydrogen) atoms. The minimum Gasteiger partial charge on any atom is -0.492 e. The summed E-state index contributed by atoms with van der Waals surface area (Å²) < 4.78 is 10.8. The third-order valence-corrected chi connectivity index (χ3v) is 6.01. The number of nitrogens with one attached hydrogen (secondary N) is 1. The first-order valence-corrected chi connectivity index (χ1v) is 11.6. The maximum absolute atomic E-state index is 12.7. The minimum absolute atomic E-state index is 0.0439. The molecule has 1 saturated heterocycles. The first-order chi connectivity index (χ1) is 15.6. The van der Waals surface area contributed by atoms with E-state index in [0.29, 0.717) is 18.3 Å². The van der Waals surface area contributed by atoms with Crippen molar-refractivity contribution in [2.75, 3.05) is 52.3 Å². The van der Waals surface area contributed by atoms with Gasteiger partial charge in [-0.25, -0.2) is 4.79 Å². The quantitative estimate of drug-likeness (QED) is 0.585. The SMILES string of the molecule is CCOc1ccccc1NC(=O)N1CCC(Cc2ccc(CN(C)CCOC)cc2)CC1. The summed E-state index contributed by atoms with van der Waals surface area (Å²) in [5.74, 6) is 1.33. The van der Waals surface area contributed by atoms with Gasteiger partial charge in [-0.3, -0.25) is 4.90 Å². The molecular formula is C26H37N3O3. The standard InChI is InChI=1S/C26H37N3O3/c1-4-32-25-8-6-5-7-24(25)27-26(30)29-15-13-22(14-16-29)19-21-9-11-23(12-10-21)20-28(2)17-18-31-3/h5-12,22H,4,13-20H2,1-3H3,(H,27,30). The van der Waals surface area contributed by atoms with Crippen molar-refractivity contribution in [3.8, 4) is 5.75 Å². The molecule has 0 bridgehead atoms. The first-order valence-electron chi connectivity index (χ1n) is 11.6. The van der Waals surface area contributed by atoms with Crippen LogP contribution in [-0.4, -0.2) is 62.8 Å². The Hall–Kier alpha value is -2.57. The Bertz CT molecular complexity index is 832. The van der Waals surface area contributed by atoms with E-state index in [9.17, 15) is 4.79 Å². The Labute approximate surface area is 192 Å². The van der Waals surface area contributed by atoms with Crippen LogP contribution in [0.15, 0.2) is 48.5 Å². The second kappa shape index (κ2) is 12.5. The number of likely N-dealkylation sites (tertiary alicyclic amines) is 1. The van der Waals surface area contributed by atoms with Crippen LogP contribution >= 0.6 is 0 Å². The average molecular weight is 440 g/mol. The van der Waals surface area contributed by atoms with Gasteiger partial charge in [-0.2, -0.15) is 0 Å². The lowest BCUT2D eigenvalue weighted by atomic mass is 9.90. The van der Waals surface area contributed by atoms with Gasteiger partial charge < -0.3 is 19.7 Å². The normalized spacial score (nSPS) is 14.6. The van der Waals surface area contributed by atoms with Gasteiger partial charge in [-0.15, -0.1) is 0 Å². The topological polar surface area (TPSA) is 54.0 Å². The molecule has 0 spiro atoms. The smallest absolute Gasteiger partial charge is 0.321 e. The van der Waals surface area contributed by atoms with Crippen LogP contribution in [0.4, 0.5) is 10.5 Å². The number of urea groups is 1. The molecule has 2 aromatic carbocycles. The van der Waals surface area contributed by atoms with Crippen molar-refractivity contribution < 1.29 is 14.3 Å². The van der Waals surface area contributed by atoms with Crippen LogP contribution in [0, 0.1) is 5.92 Å². The third-order valence-electron chi connectivity index (χ3n) is 6.01. The van der Waals surface area contributed by atoms with Gasteiger partial charge in [0.2, 0.25) is 0 Å². The van der Waals surface area contributed by atoms with Crippen LogP contribution in [0.25, 0.3) is 0 Å². The Morgan fingerprint density at radius 2 is 1.78 bits per heavy atom. The van der Waals surface area contributed by atoms with Gasteiger partial charge in [-0.05, 0) is 62.4 Å². The van der Waals surface area contributed by atoms with Crippen LogP contribution in [-0.2, 0) is 17.7 Å². The van der Waals surface area contributed by atoms with Crippen molar-refractivity contribution >= 4 is 11.7 Å². The van der Waals surface area contributed by atoms with Crippen molar-refractivity contribution in [3.05, 3.63) is 59.7 Å². The number of para-hydroxylation sites is 2. The van der Waals surface area contributed by atoms with Gasteiger partial charge in [-0.1, -0.05) is 36.4 Å². The summed E-state index contributed by atoms with van der Waals surface area (Å²) in [4.78, 5) is 16.9. The summed E-state index contributed by atoms with van der Waals surface area (Å²) in [7, 11) is 3.85. The lowest BCUT2D eigenvalue weighted by Crippen LogP contribution is -2.41. The van der Waals surface area contributed by atoms with Gasteiger partial charge in [0.15, 0.2) is 0 Å². The zero-order valence-corrected chi connectivity index (χ0v) is 19.7. The molecule has 6 heteroatoms. The molecule has 0 aromatic heterocycles. The molecule has 6 nitrogen and oxygen atoms in total. The molecule has 1 aliphatic rings. The van der Waals surface area contributed by atoms with Crippen LogP contribution < -0.4 is 10.1 Å². The van der Waals surface area contributed by atoms with E-state index in [1.807, 2.05) is 36.1 Å². The van der Waals surface area contributed by atoms with Crippen molar-refractivity contribution in [1.29, 1.82) is 0 Å². The number of carbonyl (C=O) groups excluding carboxylic acids is 1. The van der Waals surface area contributed by atoms with E-state index in [0.717, 1.165) is 57.7 Å². The largest absolute Gasteiger partial charge is 0.492 e. The van der Waals surface area contributed by atoms with E-state index in [-0.39, 0.29) is 6.03 Å². The molecule has 1 heterocycles. The molecule has 0 saturated carbocycles. The van der Waals surface area contributed by atoms with Gasteiger partial charge in [0.05, 0.1) is 18.9 Å². The van der Waals surface area contributed by atoms with Crippen LogP contribution in [0.3, 0.4) is 0 Å². The summed E-state index contributed by atoms with van der Waals surface area (Å²) in [5.41, 5.74) is 3.43. The monoisotopic (exact) mass is 439 g/mol. The maximum Gasteiger partial charge on any atom is 0.321 e. The Kier molecular flexibility index (Phi) is 9.38. The van der Waals surface area contributed by atoms with Gasteiger partial charge in [0, 0.05) is 33.3 Å². The fourth-order valence-corrected chi connectivity index (χ4v) is 4.14. The van der Waals surface area contributed by atoms with E-state index < -0.39 is 0 Å². The van der Waals surface area contributed by atoms with Crippen molar-refractivity contribution in [3.63, 3.8) is 0 Å². The van der Waals surface area contributed by atoms with E-state index in [4.69, 9.17) is 9.47 Å². The Balaban J connectivity index is 1.44. The highest BCUT2D eigenvalue weighted by Crippen LogP contribution is 2.26. The van der Waals surface area contributed by atoms with Crippen LogP contribution in [0.1, 0.15) is 30.9 Å². The van der Waals surface area contributed by atoms with Gasteiger partial charge in [0.1, 0.15) is 5.75 Å². The number of carbonyl (C=O) groups is 1. The average Bonchev–Trinajstić information content (AvgIpc) is 2.81. The highest BCUT2D eigenvalue weighted by atomic mass is 16.5. The molecule has 2 amide bonds. The van der Waals surface area contributed by atoms with E-state index in [1.165, 1.54) is 11.1 Å². The van der Waals surface area contributed by atoms with E-state index in [2.05, 4.69) is 41.5 Å². The number of anilines is 1. The molecule has 0 unspecified atom stereocenters. The predicted molar refractivity (Wildman–Crippen MR) is 129 cm³/mol. The molecule has 0 aliphatic carbocycles. The van der Waals surface area contributed by atoms with Gasteiger partial charge in [0.25, 0.3) is 0 Å². The summed E-state index contributed by atoms with van der Waals surface area (Å²) in [5, 5.41) is 3.01. The zero-order valence-electron chi connectivity index (χ0n) is 19.7. The number of piperidine rings is 1. The van der Waals surface area contributed by atoms with E-state index >= 15 is 0 Å².